The van der Waals surface area contributed by atoms with E-state index in [-0.39, 0.29) is 23.9 Å². The van der Waals surface area contributed by atoms with Gasteiger partial charge in [-0.15, -0.1) is 0 Å². The third kappa shape index (κ3) is 3.84. The summed E-state index contributed by atoms with van der Waals surface area (Å²) in [5, 5.41) is 0.988. The fraction of sp³-hybridized carbons (Fsp3) is 0.136. The second kappa shape index (κ2) is 7.76. The summed E-state index contributed by atoms with van der Waals surface area (Å²) in [5.74, 6) is -0.229. The van der Waals surface area contributed by atoms with Crippen molar-refractivity contribution < 1.29 is 13.5 Å². The van der Waals surface area contributed by atoms with Gasteiger partial charge in [-0.1, -0.05) is 17.7 Å². The van der Waals surface area contributed by atoms with Gasteiger partial charge < -0.3 is 14.9 Å². The van der Waals surface area contributed by atoms with Crippen LogP contribution in [0, 0.1) is 19.7 Å². The molecule has 0 aliphatic carbocycles. The second-order valence-corrected chi connectivity index (χ2v) is 7.36. The van der Waals surface area contributed by atoms with Crippen LogP contribution in [0.4, 0.5) is 10.1 Å². The predicted molar refractivity (Wildman–Crippen MR) is 113 cm³/mol. The minimum atomic E-state index is -0.502. The maximum atomic E-state index is 13.4. The van der Waals surface area contributed by atoms with Crippen molar-refractivity contribution in [3.8, 4) is 11.8 Å². The zero-order valence-electron chi connectivity index (χ0n) is 16.2. The highest BCUT2D eigenvalue weighted by Gasteiger charge is 2.16. The van der Waals surface area contributed by atoms with Crippen molar-refractivity contribution in [1.29, 1.82) is 0 Å². The molecule has 30 heavy (non-hydrogen) atoms. The van der Waals surface area contributed by atoms with Crippen molar-refractivity contribution >= 4 is 28.3 Å². The van der Waals surface area contributed by atoms with Gasteiger partial charge in [0.15, 0.2) is 5.75 Å². The van der Waals surface area contributed by atoms with Gasteiger partial charge in [0.05, 0.1) is 10.7 Å². The fourth-order valence-corrected chi connectivity index (χ4v) is 3.31. The topological polar surface area (TPSA) is 91.2 Å². The molecule has 0 fully saturated rings. The molecule has 8 heteroatoms. The van der Waals surface area contributed by atoms with Gasteiger partial charge in [0.2, 0.25) is 0 Å². The van der Waals surface area contributed by atoms with E-state index in [2.05, 4.69) is 9.97 Å². The van der Waals surface area contributed by atoms with Gasteiger partial charge in [-0.2, -0.15) is 0 Å². The summed E-state index contributed by atoms with van der Waals surface area (Å²) in [5.41, 5.74) is 8.23. The SMILES string of the molecule is Cc1cnc(Oc2cc3oc(=O)c(Cc4ccc(F)c(N)c4)c(C)c3cc2Cl)nc1. The van der Waals surface area contributed by atoms with Crippen LogP contribution in [0.1, 0.15) is 22.3 Å². The lowest BCUT2D eigenvalue weighted by molar-refractivity contribution is 0.440. The van der Waals surface area contributed by atoms with Crippen molar-refractivity contribution in [1.82, 2.24) is 9.97 Å². The number of rotatable bonds is 4. The van der Waals surface area contributed by atoms with E-state index < -0.39 is 11.4 Å². The molecule has 0 bridgehead atoms. The number of anilines is 1. The fourth-order valence-electron chi connectivity index (χ4n) is 3.11. The Hall–Kier alpha value is -3.45. The molecule has 0 unspecified atom stereocenters. The molecule has 0 aliphatic heterocycles. The number of nitrogen functional groups attached to an aromatic ring is 1. The largest absolute Gasteiger partial charge is 0.423 e. The number of aryl methyl sites for hydroxylation is 2. The highest BCUT2D eigenvalue weighted by Crippen LogP contribution is 2.34. The van der Waals surface area contributed by atoms with Gasteiger partial charge >= 0.3 is 11.6 Å². The van der Waals surface area contributed by atoms with E-state index in [1.165, 1.54) is 18.2 Å². The Morgan fingerprint density at radius 1 is 1.17 bits per heavy atom. The predicted octanol–water partition coefficient (Wildman–Crippen LogP) is 4.96. The van der Waals surface area contributed by atoms with Gasteiger partial charge in [-0.3, -0.25) is 0 Å². The average Bonchev–Trinajstić information content (AvgIpc) is 2.71. The minimum absolute atomic E-state index is 0.0264. The van der Waals surface area contributed by atoms with Crippen molar-refractivity contribution in [2.45, 2.75) is 20.3 Å². The number of halogens is 2. The quantitative estimate of drug-likeness (QED) is 0.367. The molecule has 6 nitrogen and oxygen atoms in total. The van der Waals surface area contributed by atoms with E-state index in [1.54, 1.807) is 31.5 Å². The van der Waals surface area contributed by atoms with E-state index in [0.717, 1.165) is 5.56 Å². The Kier molecular flexibility index (Phi) is 5.13. The van der Waals surface area contributed by atoms with Crippen molar-refractivity contribution in [3.05, 3.63) is 86.2 Å². The van der Waals surface area contributed by atoms with Crippen LogP contribution in [-0.2, 0) is 6.42 Å². The molecule has 0 spiro atoms. The van der Waals surface area contributed by atoms with E-state index in [4.69, 9.17) is 26.5 Å². The second-order valence-electron chi connectivity index (χ2n) is 6.95. The number of fused-ring (bicyclic) bond motifs is 1. The van der Waals surface area contributed by atoms with Crippen LogP contribution < -0.4 is 16.1 Å². The Balaban J connectivity index is 1.74. The molecule has 0 aliphatic rings. The first-order chi connectivity index (χ1) is 14.3. The van der Waals surface area contributed by atoms with Crippen molar-refractivity contribution in [3.63, 3.8) is 0 Å². The summed E-state index contributed by atoms with van der Waals surface area (Å²) in [6.45, 7) is 3.67. The maximum absolute atomic E-state index is 13.4. The number of benzene rings is 2. The maximum Gasteiger partial charge on any atom is 0.340 e. The molecular weight excluding hydrogens is 409 g/mol. The lowest BCUT2D eigenvalue weighted by Crippen LogP contribution is -2.11. The highest BCUT2D eigenvalue weighted by atomic mass is 35.5. The molecule has 2 aromatic heterocycles. The first-order valence-electron chi connectivity index (χ1n) is 9.08. The third-order valence-corrected chi connectivity index (χ3v) is 5.03. The lowest BCUT2D eigenvalue weighted by Gasteiger charge is -2.11. The summed E-state index contributed by atoms with van der Waals surface area (Å²) >= 11 is 6.39. The number of aromatic nitrogens is 2. The molecule has 4 aromatic rings. The molecule has 0 saturated carbocycles. The van der Waals surface area contributed by atoms with Crippen LogP contribution >= 0.6 is 11.6 Å². The molecule has 2 N–H and O–H groups in total. The molecule has 2 aromatic carbocycles. The molecule has 4 rings (SSSR count). The first-order valence-corrected chi connectivity index (χ1v) is 9.46. The molecule has 0 atom stereocenters. The first kappa shape index (κ1) is 19.8. The summed E-state index contributed by atoms with van der Waals surface area (Å²) in [6.07, 6.45) is 3.49. The number of hydrogen-bond donors (Lipinski definition) is 1. The zero-order chi connectivity index (χ0) is 21.4. The van der Waals surface area contributed by atoms with Crippen LogP contribution in [0.3, 0.4) is 0 Å². The van der Waals surface area contributed by atoms with Crippen molar-refractivity contribution in [2.75, 3.05) is 5.73 Å². The van der Waals surface area contributed by atoms with Gasteiger partial charge in [-0.25, -0.2) is 19.2 Å². The van der Waals surface area contributed by atoms with E-state index in [0.29, 0.717) is 32.7 Å². The van der Waals surface area contributed by atoms with Crippen LogP contribution in [0.5, 0.6) is 11.8 Å². The standard InChI is InChI=1S/C22H17ClFN3O3/c1-11-9-26-22(27-10-11)30-20-8-19-14(7-16(20)23)12(2)15(21(28)29-19)5-13-3-4-17(24)18(25)6-13/h3-4,6-10H,5,25H2,1-2H3. The van der Waals surface area contributed by atoms with Crippen LogP contribution in [-0.4, -0.2) is 9.97 Å². The van der Waals surface area contributed by atoms with Crippen LogP contribution in [0.2, 0.25) is 5.02 Å². The molecule has 0 saturated heterocycles. The lowest BCUT2D eigenvalue weighted by atomic mass is 9.99. The summed E-state index contributed by atoms with van der Waals surface area (Å²) in [4.78, 5) is 20.8. The molecule has 152 valence electrons. The Bertz CT molecular complexity index is 1320. The number of ether oxygens (including phenoxy) is 1. The van der Waals surface area contributed by atoms with Crippen LogP contribution in [0.25, 0.3) is 11.0 Å². The van der Waals surface area contributed by atoms with Gasteiger partial charge in [0.1, 0.15) is 11.4 Å². The smallest absolute Gasteiger partial charge is 0.340 e. The number of nitrogens with zero attached hydrogens (tertiary/aromatic N) is 2. The Morgan fingerprint density at radius 2 is 1.90 bits per heavy atom. The minimum Gasteiger partial charge on any atom is -0.423 e. The normalized spacial score (nSPS) is 11.1. The molecule has 0 radical (unpaired) electrons. The molecular formula is C22H17ClFN3O3. The summed E-state index contributed by atoms with van der Waals surface area (Å²) < 4.78 is 24.6. The Labute approximate surface area is 176 Å². The van der Waals surface area contributed by atoms with Crippen LogP contribution in [0.15, 0.2) is 51.9 Å². The van der Waals surface area contributed by atoms with Gasteiger partial charge in [-0.05, 0) is 48.7 Å². The number of hydrogen-bond acceptors (Lipinski definition) is 6. The van der Waals surface area contributed by atoms with Gasteiger partial charge in [0, 0.05) is 35.8 Å². The monoisotopic (exact) mass is 425 g/mol. The van der Waals surface area contributed by atoms with Gasteiger partial charge in [0.25, 0.3) is 0 Å². The molecule has 2 heterocycles. The third-order valence-electron chi connectivity index (χ3n) is 4.74. The highest BCUT2D eigenvalue weighted by molar-refractivity contribution is 6.32. The Morgan fingerprint density at radius 3 is 2.60 bits per heavy atom. The van der Waals surface area contributed by atoms with E-state index >= 15 is 0 Å². The molecule has 0 amide bonds. The zero-order valence-corrected chi connectivity index (χ0v) is 17.0. The average molecular weight is 426 g/mol. The van der Waals surface area contributed by atoms with E-state index in [1.807, 2.05) is 6.92 Å². The number of nitrogens with two attached hydrogens (primary N) is 1. The van der Waals surface area contributed by atoms with Crippen molar-refractivity contribution in [2.24, 2.45) is 0 Å². The summed E-state index contributed by atoms with van der Waals surface area (Å²) in [7, 11) is 0. The van der Waals surface area contributed by atoms with E-state index in [9.17, 15) is 9.18 Å². The summed E-state index contributed by atoms with van der Waals surface area (Å²) in [6, 6.07) is 7.70.